The van der Waals surface area contributed by atoms with Crippen LogP contribution in [0.2, 0.25) is 0 Å². The average molecular weight is 500 g/mol. The zero-order chi connectivity index (χ0) is 28.3. The van der Waals surface area contributed by atoms with Crippen LogP contribution in [-0.4, -0.2) is 23.7 Å². The van der Waals surface area contributed by atoms with E-state index in [2.05, 4.69) is 66.1 Å². The Balaban J connectivity index is 0. The summed E-state index contributed by atoms with van der Waals surface area (Å²) in [5.41, 5.74) is 15.1. The Morgan fingerprint density at radius 1 is 1.17 bits per heavy atom. The van der Waals surface area contributed by atoms with E-state index >= 15 is 0 Å². The second-order valence-electron chi connectivity index (χ2n) is 10.3. The van der Waals surface area contributed by atoms with E-state index in [9.17, 15) is 4.79 Å². The highest BCUT2D eigenvalue weighted by Gasteiger charge is 2.15. The molecule has 6 N–H and O–H groups in total. The SMILES string of the molecule is C=CC(=C)N/C=C\C=C(\C(C)N)C(C)C(C)C.CCCC(C)(C)CCN.Cc1ccccc1C(=O)O. The highest BCUT2D eigenvalue weighted by Crippen LogP contribution is 2.25. The van der Waals surface area contributed by atoms with Gasteiger partial charge in [-0.2, -0.15) is 0 Å². The van der Waals surface area contributed by atoms with Gasteiger partial charge in [0.15, 0.2) is 0 Å². The van der Waals surface area contributed by atoms with Crippen LogP contribution < -0.4 is 16.8 Å². The van der Waals surface area contributed by atoms with Gasteiger partial charge in [-0.05, 0) is 74.3 Å². The van der Waals surface area contributed by atoms with Crippen molar-refractivity contribution in [3.8, 4) is 0 Å². The van der Waals surface area contributed by atoms with E-state index in [0.29, 0.717) is 22.8 Å². The van der Waals surface area contributed by atoms with Crippen LogP contribution in [0.5, 0.6) is 0 Å². The van der Waals surface area contributed by atoms with Crippen LogP contribution in [-0.2, 0) is 0 Å². The van der Waals surface area contributed by atoms with E-state index in [1.54, 1.807) is 31.2 Å². The smallest absolute Gasteiger partial charge is 0.335 e. The van der Waals surface area contributed by atoms with Gasteiger partial charge in [-0.15, -0.1) is 0 Å². The van der Waals surface area contributed by atoms with Crippen molar-refractivity contribution in [3.63, 3.8) is 0 Å². The first-order chi connectivity index (χ1) is 16.7. The molecule has 0 heterocycles. The number of nitrogens with two attached hydrogens (primary N) is 2. The molecular formula is C31H53N3O2. The summed E-state index contributed by atoms with van der Waals surface area (Å²) in [5.74, 6) is 0.220. The molecule has 1 rings (SSSR count). The van der Waals surface area contributed by atoms with Crippen molar-refractivity contribution in [2.24, 2.45) is 28.7 Å². The highest BCUT2D eigenvalue weighted by atomic mass is 16.4. The molecule has 0 saturated heterocycles. The molecule has 0 aliphatic carbocycles. The predicted molar refractivity (Wildman–Crippen MR) is 158 cm³/mol. The van der Waals surface area contributed by atoms with Crippen LogP contribution in [0.1, 0.15) is 83.7 Å². The number of carbonyl (C=O) groups is 1. The number of nitrogens with one attached hydrogen (secondary N) is 1. The topological polar surface area (TPSA) is 101 Å². The Bertz CT molecular complexity index is 828. The molecule has 1 aromatic carbocycles. The number of aromatic carboxylic acids is 1. The van der Waals surface area contributed by atoms with E-state index in [1.807, 2.05) is 25.3 Å². The molecule has 0 amide bonds. The first kappa shape index (κ1) is 35.5. The molecule has 1 aromatic rings. The molecule has 0 aromatic heterocycles. The third-order valence-electron chi connectivity index (χ3n) is 6.07. The Kier molecular flexibility index (Phi) is 19.3. The Morgan fingerprint density at radius 2 is 1.75 bits per heavy atom. The van der Waals surface area contributed by atoms with E-state index < -0.39 is 5.97 Å². The third-order valence-corrected chi connectivity index (χ3v) is 6.07. The van der Waals surface area contributed by atoms with Gasteiger partial charge in [0.05, 0.1) is 5.56 Å². The van der Waals surface area contributed by atoms with Crippen molar-refractivity contribution in [2.45, 2.75) is 80.7 Å². The average Bonchev–Trinajstić information content (AvgIpc) is 2.79. The standard InChI is InChI=1S/C15H26N2.C8H19N.C8H8O2/c1-7-12(4)17-10-8-9-15(14(6)16)13(5)11(2)3;1-4-5-8(2,3)6-7-9;1-6-4-2-3-5-7(6)8(9)10/h7-11,13-14,17H,1,4,16H2,2-3,5-6H3;4-7,9H2,1-3H3;2-5H,1H3,(H,9,10)/b10-8-,15-9+;;. The number of carboxylic acids is 1. The molecule has 2 unspecified atom stereocenters. The maximum atomic E-state index is 10.4. The van der Waals surface area contributed by atoms with Crippen LogP contribution in [0.3, 0.4) is 0 Å². The number of hydrogen-bond donors (Lipinski definition) is 4. The minimum atomic E-state index is -0.863. The fraction of sp³-hybridized carbons (Fsp3) is 0.516. The van der Waals surface area contributed by atoms with E-state index in [4.69, 9.17) is 16.6 Å². The van der Waals surface area contributed by atoms with Crippen molar-refractivity contribution < 1.29 is 9.90 Å². The quantitative estimate of drug-likeness (QED) is 0.228. The lowest BCUT2D eigenvalue weighted by atomic mass is 9.85. The molecule has 2 atom stereocenters. The summed E-state index contributed by atoms with van der Waals surface area (Å²) in [4.78, 5) is 10.4. The lowest BCUT2D eigenvalue weighted by molar-refractivity contribution is 0.0696. The van der Waals surface area contributed by atoms with Gasteiger partial charge in [0.2, 0.25) is 0 Å². The van der Waals surface area contributed by atoms with E-state index in [-0.39, 0.29) is 6.04 Å². The number of benzene rings is 1. The van der Waals surface area contributed by atoms with Gasteiger partial charge in [0.1, 0.15) is 0 Å². The molecular weight excluding hydrogens is 446 g/mol. The minimum Gasteiger partial charge on any atom is -0.478 e. The molecule has 204 valence electrons. The lowest BCUT2D eigenvalue weighted by Gasteiger charge is -2.22. The fourth-order valence-corrected chi connectivity index (χ4v) is 3.48. The van der Waals surface area contributed by atoms with Crippen molar-refractivity contribution in [3.05, 3.63) is 84.2 Å². The van der Waals surface area contributed by atoms with Gasteiger partial charge >= 0.3 is 5.97 Å². The van der Waals surface area contributed by atoms with Gasteiger partial charge in [-0.1, -0.05) is 91.0 Å². The molecule has 0 saturated carbocycles. The number of carboxylic acid groups (broad SMARTS) is 1. The molecule has 0 aliphatic heterocycles. The summed E-state index contributed by atoms with van der Waals surface area (Å²) in [6.45, 7) is 25.4. The molecule has 0 spiro atoms. The summed E-state index contributed by atoms with van der Waals surface area (Å²) in [7, 11) is 0. The number of hydrogen-bond acceptors (Lipinski definition) is 4. The summed E-state index contributed by atoms with van der Waals surface area (Å²) < 4.78 is 0. The fourth-order valence-electron chi connectivity index (χ4n) is 3.48. The molecule has 36 heavy (non-hydrogen) atoms. The van der Waals surface area contributed by atoms with Crippen molar-refractivity contribution >= 4 is 5.97 Å². The summed E-state index contributed by atoms with van der Waals surface area (Å²) in [5, 5.41) is 11.6. The monoisotopic (exact) mass is 499 g/mol. The predicted octanol–water partition coefficient (Wildman–Crippen LogP) is 7.21. The first-order valence-electron chi connectivity index (χ1n) is 12.9. The number of allylic oxidation sites excluding steroid dienone is 3. The van der Waals surface area contributed by atoms with Crippen LogP contribution in [0.25, 0.3) is 0 Å². The van der Waals surface area contributed by atoms with Gasteiger partial charge < -0.3 is 21.9 Å². The Labute approximate surface area is 221 Å². The molecule has 0 aliphatic rings. The lowest BCUT2D eigenvalue weighted by Crippen LogP contribution is -2.24. The van der Waals surface area contributed by atoms with E-state index in [1.165, 1.54) is 18.4 Å². The first-order valence-corrected chi connectivity index (χ1v) is 12.9. The summed E-state index contributed by atoms with van der Waals surface area (Å²) >= 11 is 0. The van der Waals surface area contributed by atoms with Gasteiger partial charge in [0, 0.05) is 17.9 Å². The summed E-state index contributed by atoms with van der Waals surface area (Å²) in [6, 6.07) is 7.00. The second-order valence-corrected chi connectivity index (χ2v) is 10.3. The van der Waals surface area contributed by atoms with Crippen LogP contribution in [0.15, 0.2) is 73.1 Å². The Hall–Kier alpha value is -2.63. The Morgan fingerprint density at radius 3 is 2.14 bits per heavy atom. The van der Waals surface area contributed by atoms with Crippen molar-refractivity contribution in [1.29, 1.82) is 0 Å². The largest absolute Gasteiger partial charge is 0.478 e. The molecule has 5 nitrogen and oxygen atoms in total. The minimum absolute atomic E-state index is 0.0830. The van der Waals surface area contributed by atoms with Gasteiger partial charge in [-0.3, -0.25) is 0 Å². The number of aryl methyl sites for hydroxylation is 1. The van der Waals surface area contributed by atoms with Crippen LogP contribution >= 0.6 is 0 Å². The van der Waals surface area contributed by atoms with Crippen LogP contribution in [0, 0.1) is 24.2 Å². The van der Waals surface area contributed by atoms with Crippen molar-refractivity contribution in [2.75, 3.05) is 6.54 Å². The maximum Gasteiger partial charge on any atom is 0.335 e. The maximum absolute atomic E-state index is 10.4. The summed E-state index contributed by atoms with van der Waals surface area (Å²) in [6.07, 6.45) is 11.3. The van der Waals surface area contributed by atoms with Crippen molar-refractivity contribution in [1.82, 2.24) is 5.32 Å². The zero-order valence-electron chi connectivity index (χ0n) is 24.1. The van der Waals surface area contributed by atoms with Gasteiger partial charge in [-0.25, -0.2) is 4.79 Å². The van der Waals surface area contributed by atoms with Crippen LogP contribution in [0.4, 0.5) is 0 Å². The third kappa shape index (κ3) is 16.9. The molecule has 0 fully saturated rings. The van der Waals surface area contributed by atoms with Gasteiger partial charge in [0.25, 0.3) is 0 Å². The molecule has 0 bridgehead atoms. The molecule has 0 radical (unpaired) electrons. The number of rotatable bonds is 12. The molecule has 5 heteroatoms. The second kappa shape index (κ2) is 19.5. The zero-order valence-corrected chi connectivity index (χ0v) is 24.1. The highest BCUT2D eigenvalue weighted by molar-refractivity contribution is 5.89. The normalized spacial score (nSPS) is 13.1. The van der Waals surface area contributed by atoms with E-state index in [0.717, 1.165) is 24.2 Å².